The molecule has 0 heterocycles. The average Bonchev–Trinajstić information content (AvgIpc) is 2.43. The zero-order valence-electron chi connectivity index (χ0n) is 12.9. The number of allylic oxidation sites excluding steroid dienone is 5. The molecule has 0 rings (SSSR count). The molecule has 0 aromatic heterocycles. The Morgan fingerprint density at radius 2 is 1.35 bits per heavy atom. The lowest BCUT2D eigenvalue weighted by molar-refractivity contribution is -0.131. The highest BCUT2D eigenvalue weighted by atomic mass is 16.4. The maximum Gasteiger partial charge on any atom is 0.328 e. The maximum atomic E-state index is 10.2. The zero-order chi connectivity index (χ0) is 14.9. The van der Waals surface area contributed by atoms with Crippen molar-refractivity contribution in [1.29, 1.82) is 0 Å². The van der Waals surface area contributed by atoms with E-state index in [1.807, 2.05) is 12.2 Å². The quantitative estimate of drug-likeness (QED) is 0.268. The second-order valence-electron chi connectivity index (χ2n) is 5.13. The van der Waals surface area contributed by atoms with Crippen LogP contribution >= 0.6 is 0 Å². The summed E-state index contributed by atoms with van der Waals surface area (Å²) in [5.41, 5.74) is 0. The number of hydrogen-bond donors (Lipinski definition) is 1. The summed E-state index contributed by atoms with van der Waals surface area (Å²) in [6, 6.07) is 0. The van der Waals surface area contributed by atoms with Crippen LogP contribution in [0.5, 0.6) is 0 Å². The first kappa shape index (κ1) is 18.7. The van der Waals surface area contributed by atoms with E-state index in [-0.39, 0.29) is 0 Å². The van der Waals surface area contributed by atoms with Crippen molar-refractivity contribution in [2.45, 2.75) is 71.1 Å². The Bertz CT molecular complexity index is 301. The van der Waals surface area contributed by atoms with Crippen molar-refractivity contribution in [3.05, 3.63) is 36.5 Å². The molecule has 0 unspecified atom stereocenters. The molecule has 1 N–H and O–H groups in total. The summed E-state index contributed by atoms with van der Waals surface area (Å²) in [4.78, 5) is 10.2. The van der Waals surface area contributed by atoms with Gasteiger partial charge in [0.1, 0.15) is 0 Å². The Balaban J connectivity index is 3.25. The van der Waals surface area contributed by atoms with Crippen LogP contribution in [0, 0.1) is 0 Å². The van der Waals surface area contributed by atoms with Gasteiger partial charge in [0.2, 0.25) is 0 Å². The van der Waals surface area contributed by atoms with Gasteiger partial charge in [-0.3, -0.25) is 0 Å². The smallest absolute Gasteiger partial charge is 0.328 e. The molecule has 20 heavy (non-hydrogen) atoms. The van der Waals surface area contributed by atoms with Gasteiger partial charge in [0, 0.05) is 6.08 Å². The lowest BCUT2D eigenvalue weighted by atomic mass is 10.1. The van der Waals surface area contributed by atoms with Gasteiger partial charge in [-0.1, -0.05) is 88.7 Å². The van der Waals surface area contributed by atoms with Crippen LogP contribution in [0.25, 0.3) is 0 Å². The number of carbonyl (C=O) groups is 1. The fraction of sp³-hybridized carbons (Fsp3) is 0.611. The highest BCUT2D eigenvalue weighted by Gasteiger charge is 1.90. The highest BCUT2D eigenvalue weighted by Crippen LogP contribution is 2.10. The van der Waals surface area contributed by atoms with E-state index in [1.165, 1.54) is 63.9 Å². The molecule has 114 valence electrons. The van der Waals surface area contributed by atoms with E-state index < -0.39 is 5.97 Å². The second-order valence-corrected chi connectivity index (χ2v) is 5.13. The number of unbranched alkanes of at least 4 members (excludes halogenated alkanes) is 9. The summed E-state index contributed by atoms with van der Waals surface area (Å²) in [5.74, 6) is -0.909. The average molecular weight is 278 g/mol. The van der Waals surface area contributed by atoms with Crippen LogP contribution in [0.3, 0.4) is 0 Å². The first-order valence-corrected chi connectivity index (χ1v) is 8.00. The summed E-state index contributed by atoms with van der Waals surface area (Å²) in [5, 5.41) is 8.38. The third kappa shape index (κ3) is 16.7. The molecular formula is C18H30O2. The van der Waals surface area contributed by atoms with Gasteiger partial charge >= 0.3 is 5.97 Å². The normalized spacial score (nSPS) is 12.1. The summed E-state index contributed by atoms with van der Waals surface area (Å²) < 4.78 is 0. The monoisotopic (exact) mass is 278 g/mol. The van der Waals surface area contributed by atoms with Crippen molar-refractivity contribution < 1.29 is 9.90 Å². The summed E-state index contributed by atoms with van der Waals surface area (Å²) >= 11 is 0. The minimum Gasteiger partial charge on any atom is -0.478 e. The largest absolute Gasteiger partial charge is 0.478 e. The molecule has 2 nitrogen and oxygen atoms in total. The predicted molar refractivity (Wildman–Crippen MR) is 86.9 cm³/mol. The molecule has 0 radical (unpaired) electrons. The highest BCUT2D eigenvalue weighted by molar-refractivity contribution is 5.80. The van der Waals surface area contributed by atoms with Crippen LogP contribution < -0.4 is 0 Å². The van der Waals surface area contributed by atoms with Crippen LogP contribution in [0.1, 0.15) is 71.1 Å². The molecule has 0 amide bonds. The number of carboxylic acid groups (broad SMARTS) is 1. The maximum absolute atomic E-state index is 10.2. The van der Waals surface area contributed by atoms with E-state index in [9.17, 15) is 4.79 Å². The third-order valence-corrected chi connectivity index (χ3v) is 3.18. The van der Waals surface area contributed by atoms with Gasteiger partial charge in [0.05, 0.1) is 0 Å². The van der Waals surface area contributed by atoms with E-state index in [0.717, 1.165) is 12.5 Å². The van der Waals surface area contributed by atoms with Gasteiger partial charge in [-0.25, -0.2) is 4.79 Å². The topological polar surface area (TPSA) is 37.3 Å². The zero-order valence-corrected chi connectivity index (χ0v) is 12.9. The van der Waals surface area contributed by atoms with Crippen molar-refractivity contribution >= 4 is 5.97 Å². The number of carboxylic acids is 1. The standard InChI is InChI=1S/C18H30O2/c1-2-3-4-5-6-7-8-9-10-11-12-13-14-15-16-17-18(19)20/h12-17H,2-11H2,1H3,(H,19,20)/b13-12?,15-14+,17-16+. The first-order chi connectivity index (χ1) is 9.77. The summed E-state index contributed by atoms with van der Waals surface area (Å²) in [7, 11) is 0. The summed E-state index contributed by atoms with van der Waals surface area (Å²) in [6.07, 6.45) is 23.7. The van der Waals surface area contributed by atoms with Gasteiger partial charge in [-0.2, -0.15) is 0 Å². The van der Waals surface area contributed by atoms with Crippen molar-refractivity contribution in [2.24, 2.45) is 0 Å². The molecular weight excluding hydrogens is 248 g/mol. The molecule has 0 aromatic carbocycles. The van der Waals surface area contributed by atoms with Crippen LogP contribution in [0.4, 0.5) is 0 Å². The lowest BCUT2D eigenvalue weighted by Crippen LogP contribution is -1.84. The molecule has 0 aromatic rings. The molecule has 0 aliphatic rings. The Morgan fingerprint density at radius 3 is 1.95 bits per heavy atom. The molecule has 0 atom stereocenters. The van der Waals surface area contributed by atoms with Crippen LogP contribution in [-0.4, -0.2) is 11.1 Å². The molecule has 0 saturated carbocycles. The van der Waals surface area contributed by atoms with E-state index >= 15 is 0 Å². The molecule has 0 aliphatic carbocycles. The molecule has 2 heteroatoms. The SMILES string of the molecule is CCCCCCCCCCCC=C/C=C/C=C/C(=O)O. The molecule has 0 bridgehead atoms. The van der Waals surface area contributed by atoms with Crippen LogP contribution in [-0.2, 0) is 4.79 Å². The number of aliphatic carboxylic acids is 1. The van der Waals surface area contributed by atoms with Gasteiger partial charge in [0.25, 0.3) is 0 Å². The Kier molecular flexibility index (Phi) is 14.7. The van der Waals surface area contributed by atoms with E-state index in [4.69, 9.17) is 5.11 Å². The number of hydrogen-bond acceptors (Lipinski definition) is 1. The first-order valence-electron chi connectivity index (χ1n) is 8.00. The van der Waals surface area contributed by atoms with E-state index in [1.54, 1.807) is 6.08 Å². The van der Waals surface area contributed by atoms with Crippen molar-refractivity contribution in [3.8, 4) is 0 Å². The molecule has 0 fully saturated rings. The van der Waals surface area contributed by atoms with Crippen LogP contribution in [0.2, 0.25) is 0 Å². The molecule has 0 spiro atoms. The fourth-order valence-electron chi connectivity index (χ4n) is 2.01. The summed E-state index contributed by atoms with van der Waals surface area (Å²) in [6.45, 7) is 2.26. The van der Waals surface area contributed by atoms with Crippen molar-refractivity contribution in [3.63, 3.8) is 0 Å². The van der Waals surface area contributed by atoms with E-state index in [0.29, 0.717) is 0 Å². The Morgan fingerprint density at radius 1 is 0.800 bits per heavy atom. The lowest BCUT2D eigenvalue weighted by Gasteiger charge is -2.00. The van der Waals surface area contributed by atoms with Crippen molar-refractivity contribution in [1.82, 2.24) is 0 Å². The predicted octanol–water partition coefficient (Wildman–Crippen LogP) is 5.66. The minimum absolute atomic E-state index is 0.909. The van der Waals surface area contributed by atoms with Gasteiger partial charge in [-0.05, 0) is 12.8 Å². The van der Waals surface area contributed by atoms with Gasteiger partial charge in [-0.15, -0.1) is 0 Å². The second kappa shape index (κ2) is 15.7. The minimum atomic E-state index is -0.909. The Hall–Kier alpha value is -1.31. The third-order valence-electron chi connectivity index (χ3n) is 3.18. The van der Waals surface area contributed by atoms with E-state index in [2.05, 4.69) is 13.0 Å². The van der Waals surface area contributed by atoms with Crippen LogP contribution in [0.15, 0.2) is 36.5 Å². The Labute approximate surface area is 124 Å². The molecule has 0 aliphatic heterocycles. The van der Waals surface area contributed by atoms with Crippen molar-refractivity contribution in [2.75, 3.05) is 0 Å². The molecule has 0 saturated heterocycles. The van der Waals surface area contributed by atoms with Gasteiger partial charge < -0.3 is 5.11 Å². The number of rotatable bonds is 13. The fourth-order valence-corrected chi connectivity index (χ4v) is 2.01. The van der Waals surface area contributed by atoms with Gasteiger partial charge in [0.15, 0.2) is 0 Å².